The number of amides is 2. The summed E-state index contributed by atoms with van der Waals surface area (Å²) in [5.74, 6) is -0.0643. The smallest absolute Gasteiger partial charge is 0.245 e. The van der Waals surface area contributed by atoms with Gasteiger partial charge in [0.05, 0.1) is 26.7 Å². The van der Waals surface area contributed by atoms with Gasteiger partial charge in [-0.2, -0.15) is 0 Å². The number of likely N-dealkylation sites (N-methyl/N-ethyl adjacent to an activating group) is 2. The Morgan fingerprint density at radius 3 is 1.59 bits per heavy atom. The van der Waals surface area contributed by atoms with Crippen molar-refractivity contribution in [2.24, 2.45) is 0 Å². The van der Waals surface area contributed by atoms with Gasteiger partial charge in [0.25, 0.3) is 0 Å². The van der Waals surface area contributed by atoms with Gasteiger partial charge in [-0.15, -0.1) is 0 Å². The Bertz CT molecular complexity index is 361. The first kappa shape index (κ1) is 20.4. The Kier molecular flexibility index (Phi) is 9.42. The predicted octanol–water partition coefficient (Wildman–Crippen LogP) is 1.52. The molecule has 126 valence electrons. The molecule has 2 amide bonds. The number of carbonyl (C=O) groups is 2. The number of quaternary nitrogens is 1. The van der Waals surface area contributed by atoms with Crippen molar-refractivity contribution in [2.75, 3.05) is 53.9 Å². The van der Waals surface area contributed by atoms with E-state index in [1.165, 1.54) is 12.2 Å². The Hall–Kier alpha value is -1.62. The van der Waals surface area contributed by atoms with Crippen LogP contribution in [0.4, 0.5) is 0 Å². The first-order valence-corrected chi connectivity index (χ1v) is 7.88. The topological polar surface area (TPSA) is 40.6 Å². The highest BCUT2D eigenvalue weighted by Gasteiger charge is 2.19. The van der Waals surface area contributed by atoms with Crippen LogP contribution < -0.4 is 0 Å². The summed E-state index contributed by atoms with van der Waals surface area (Å²) in [6.45, 7) is 13.7. The van der Waals surface area contributed by atoms with Crippen molar-refractivity contribution in [2.45, 2.75) is 19.8 Å². The van der Waals surface area contributed by atoms with E-state index in [9.17, 15) is 9.59 Å². The van der Waals surface area contributed by atoms with E-state index in [1.54, 1.807) is 23.9 Å². The summed E-state index contributed by atoms with van der Waals surface area (Å²) < 4.78 is 0.951. The van der Waals surface area contributed by atoms with Gasteiger partial charge in [-0.3, -0.25) is 9.59 Å². The highest BCUT2D eigenvalue weighted by Crippen LogP contribution is 2.07. The summed E-state index contributed by atoms with van der Waals surface area (Å²) in [5, 5.41) is 0. The second-order valence-electron chi connectivity index (χ2n) is 6.02. The van der Waals surface area contributed by atoms with E-state index in [2.05, 4.69) is 27.1 Å². The Labute approximate surface area is 135 Å². The quantitative estimate of drug-likeness (QED) is 0.429. The number of carbonyl (C=O) groups excluding carboxylic acids is 2. The molecule has 0 aliphatic rings. The van der Waals surface area contributed by atoms with Crippen LogP contribution in [0.25, 0.3) is 0 Å². The van der Waals surface area contributed by atoms with Crippen LogP contribution in [-0.2, 0) is 9.59 Å². The molecule has 0 N–H and O–H groups in total. The van der Waals surface area contributed by atoms with Crippen LogP contribution in [0.1, 0.15) is 19.8 Å². The normalized spacial score (nSPS) is 10.9. The average Bonchev–Trinajstić information content (AvgIpc) is 2.52. The molecule has 0 spiro atoms. The molecule has 0 fully saturated rings. The maximum Gasteiger partial charge on any atom is 0.245 e. The molecule has 0 aromatic carbocycles. The van der Waals surface area contributed by atoms with E-state index in [0.717, 1.165) is 50.0 Å². The minimum absolute atomic E-state index is 0.0322. The third-order valence-corrected chi connectivity index (χ3v) is 4.25. The zero-order chi connectivity index (χ0) is 17.2. The summed E-state index contributed by atoms with van der Waals surface area (Å²) >= 11 is 0. The SMILES string of the molecule is C=CC(=O)N(C)CCC[N+](C)(CC)CCCN(C)C(=O)C=C. The van der Waals surface area contributed by atoms with Gasteiger partial charge < -0.3 is 14.3 Å². The van der Waals surface area contributed by atoms with Gasteiger partial charge in [0, 0.05) is 40.0 Å². The minimum Gasteiger partial charge on any atom is -0.342 e. The molecular formula is C17H32N3O2+. The van der Waals surface area contributed by atoms with E-state index in [-0.39, 0.29) is 11.8 Å². The molecule has 0 saturated heterocycles. The monoisotopic (exact) mass is 310 g/mol. The molecule has 0 aliphatic carbocycles. The van der Waals surface area contributed by atoms with Crippen LogP contribution in [0, 0.1) is 0 Å². The zero-order valence-electron chi connectivity index (χ0n) is 14.7. The molecule has 0 aliphatic heterocycles. The summed E-state index contributed by atoms with van der Waals surface area (Å²) in [7, 11) is 5.83. The van der Waals surface area contributed by atoms with Crippen molar-refractivity contribution in [3.8, 4) is 0 Å². The molecule has 0 heterocycles. The van der Waals surface area contributed by atoms with Crippen molar-refractivity contribution < 1.29 is 14.1 Å². The van der Waals surface area contributed by atoms with Gasteiger partial charge in [0.15, 0.2) is 0 Å². The molecule has 0 aromatic rings. The Morgan fingerprint density at radius 1 is 0.955 bits per heavy atom. The molecule has 0 rings (SSSR count). The van der Waals surface area contributed by atoms with E-state index in [1.807, 2.05) is 0 Å². The van der Waals surface area contributed by atoms with Crippen LogP contribution in [0.5, 0.6) is 0 Å². The maximum absolute atomic E-state index is 11.4. The van der Waals surface area contributed by atoms with Gasteiger partial charge in [-0.05, 0) is 19.1 Å². The lowest BCUT2D eigenvalue weighted by atomic mass is 10.2. The van der Waals surface area contributed by atoms with Gasteiger partial charge in [-0.1, -0.05) is 13.2 Å². The molecular weight excluding hydrogens is 278 g/mol. The first-order chi connectivity index (χ1) is 10.3. The lowest BCUT2D eigenvalue weighted by Crippen LogP contribution is -2.47. The summed E-state index contributed by atoms with van der Waals surface area (Å²) in [6, 6.07) is 0. The molecule has 0 aromatic heterocycles. The highest BCUT2D eigenvalue weighted by atomic mass is 16.2. The van der Waals surface area contributed by atoms with Crippen LogP contribution in [0.15, 0.2) is 25.3 Å². The molecule has 0 atom stereocenters. The number of hydrogen-bond acceptors (Lipinski definition) is 2. The van der Waals surface area contributed by atoms with Gasteiger partial charge in [0.2, 0.25) is 11.8 Å². The minimum atomic E-state index is -0.0322. The lowest BCUT2D eigenvalue weighted by Gasteiger charge is -2.34. The number of rotatable bonds is 11. The van der Waals surface area contributed by atoms with Crippen LogP contribution in [0.3, 0.4) is 0 Å². The third kappa shape index (κ3) is 7.41. The molecule has 22 heavy (non-hydrogen) atoms. The Balaban J connectivity index is 4.18. The van der Waals surface area contributed by atoms with Crippen molar-refractivity contribution in [1.29, 1.82) is 0 Å². The van der Waals surface area contributed by atoms with Crippen LogP contribution in [0.2, 0.25) is 0 Å². The highest BCUT2D eigenvalue weighted by molar-refractivity contribution is 5.87. The van der Waals surface area contributed by atoms with Crippen molar-refractivity contribution in [3.05, 3.63) is 25.3 Å². The molecule has 0 unspecified atom stereocenters. The predicted molar refractivity (Wildman–Crippen MR) is 91.4 cm³/mol. The number of nitrogens with zero attached hydrogens (tertiary/aromatic N) is 3. The summed E-state index contributed by atoms with van der Waals surface area (Å²) in [5.41, 5.74) is 0. The summed E-state index contributed by atoms with van der Waals surface area (Å²) in [6.07, 6.45) is 4.62. The third-order valence-electron chi connectivity index (χ3n) is 4.25. The standard InChI is InChI=1S/C17H32N3O2/c1-7-16(21)18(4)12-10-14-20(6,9-3)15-11-13-19(5)17(22)8-2/h7-8H,1-2,9-15H2,3-6H3/q+1. The van der Waals surface area contributed by atoms with Gasteiger partial charge in [-0.25, -0.2) is 0 Å². The number of hydrogen-bond donors (Lipinski definition) is 0. The second kappa shape index (κ2) is 10.2. The van der Waals surface area contributed by atoms with Crippen LogP contribution >= 0.6 is 0 Å². The first-order valence-electron chi connectivity index (χ1n) is 7.88. The van der Waals surface area contributed by atoms with Crippen molar-refractivity contribution >= 4 is 11.8 Å². The average molecular weight is 310 g/mol. The van der Waals surface area contributed by atoms with Gasteiger partial charge >= 0.3 is 0 Å². The largest absolute Gasteiger partial charge is 0.342 e. The fraction of sp³-hybridized carbons (Fsp3) is 0.647. The fourth-order valence-corrected chi connectivity index (χ4v) is 2.34. The maximum atomic E-state index is 11.4. The second-order valence-corrected chi connectivity index (χ2v) is 6.02. The van der Waals surface area contributed by atoms with E-state index in [4.69, 9.17) is 0 Å². The fourth-order valence-electron chi connectivity index (χ4n) is 2.34. The van der Waals surface area contributed by atoms with Crippen molar-refractivity contribution in [1.82, 2.24) is 9.80 Å². The van der Waals surface area contributed by atoms with E-state index in [0.29, 0.717) is 0 Å². The van der Waals surface area contributed by atoms with Crippen LogP contribution in [-0.4, -0.2) is 80.0 Å². The lowest BCUT2D eigenvalue weighted by molar-refractivity contribution is -0.908. The Morgan fingerprint density at radius 2 is 1.32 bits per heavy atom. The summed E-state index contributed by atoms with van der Waals surface area (Å²) in [4.78, 5) is 26.3. The molecule has 5 nitrogen and oxygen atoms in total. The molecule has 0 saturated carbocycles. The molecule has 5 heteroatoms. The zero-order valence-corrected chi connectivity index (χ0v) is 14.7. The van der Waals surface area contributed by atoms with Crippen molar-refractivity contribution in [3.63, 3.8) is 0 Å². The molecule has 0 bridgehead atoms. The molecule has 0 radical (unpaired) electrons. The van der Waals surface area contributed by atoms with E-state index < -0.39 is 0 Å². The van der Waals surface area contributed by atoms with E-state index >= 15 is 0 Å². The van der Waals surface area contributed by atoms with Gasteiger partial charge in [0.1, 0.15) is 0 Å².